The van der Waals surface area contributed by atoms with Crippen LogP contribution in [0, 0.1) is 13.8 Å². The van der Waals surface area contributed by atoms with Crippen LogP contribution >= 0.6 is 23.1 Å². The summed E-state index contributed by atoms with van der Waals surface area (Å²) in [6.07, 6.45) is 1.37. The fraction of sp³-hybridized carbons (Fsp3) is 0.267. The number of carbonyl (C=O) groups excluding carboxylic acids is 2. The molecule has 11 heteroatoms. The maximum absolute atomic E-state index is 13.0. The Bertz CT molecular complexity index is 1520. The first-order chi connectivity index (χ1) is 19.7. The molecule has 2 heterocycles. The Hall–Kier alpha value is -4.09. The number of nitrogens with zero attached hydrogens (tertiary/aromatic N) is 3. The molecule has 1 atom stereocenters. The lowest BCUT2D eigenvalue weighted by molar-refractivity contribution is -0.113. The molecule has 9 nitrogen and oxygen atoms in total. The Morgan fingerprint density at radius 2 is 1.80 bits per heavy atom. The van der Waals surface area contributed by atoms with E-state index in [-0.39, 0.29) is 17.8 Å². The van der Waals surface area contributed by atoms with Crippen LogP contribution < -0.4 is 14.8 Å². The molecular weight excluding hydrogens is 560 g/mol. The predicted molar refractivity (Wildman–Crippen MR) is 162 cm³/mol. The van der Waals surface area contributed by atoms with Gasteiger partial charge in [0.1, 0.15) is 22.1 Å². The fourth-order valence-electron chi connectivity index (χ4n) is 4.30. The third-order valence-corrected chi connectivity index (χ3v) is 7.96. The number of amides is 1. The normalized spacial score (nSPS) is 11.5. The Morgan fingerprint density at radius 1 is 1.10 bits per heavy atom. The second-order valence-electron chi connectivity index (χ2n) is 9.23. The van der Waals surface area contributed by atoms with Crippen LogP contribution in [0.15, 0.2) is 65.7 Å². The molecule has 2 aromatic carbocycles. The van der Waals surface area contributed by atoms with Crippen molar-refractivity contribution in [1.82, 2.24) is 14.8 Å². The third kappa shape index (κ3) is 7.17. The van der Waals surface area contributed by atoms with Gasteiger partial charge in [0.15, 0.2) is 17.1 Å². The highest BCUT2D eigenvalue weighted by atomic mass is 32.2. The largest absolute Gasteiger partial charge is 0.497 e. The van der Waals surface area contributed by atoms with Crippen LogP contribution in [0.2, 0.25) is 0 Å². The number of esters is 1. The highest BCUT2D eigenvalue weighted by molar-refractivity contribution is 7.99. The van der Waals surface area contributed by atoms with Crippen molar-refractivity contribution in [2.45, 2.75) is 38.6 Å². The molecule has 0 saturated heterocycles. The molecule has 1 amide bonds. The molecule has 214 valence electrons. The quantitative estimate of drug-likeness (QED) is 0.113. The van der Waals surface area contributed by atoms with Gasteiger partial charge in [0.2, 0.25) is 5.91 Å². The monoisotopic (exact) mass is 592 g/mol. The van der Waals surface area contributed by atoms with E-state index in [2.05, 4.69) is 28.2 Å². The van der Waals surface area contributed by atoms with E-state index >= 15 is 0 Å². The average molecular weight is 593 g/mol. The van der Waals surface area contributed by atoms with E-state index in [1.165, 1.54) is 30.2 Å². The van der Waals surface area contributed by atoms with Gasteiger partial charge >= 0.3 is 5.97 Å². The van der Waals surface area contributed by atoms with Gasteiger partial charge in [0.25, 0.3) is 0 Å². The Balaban J connectivity index is 1.48. The lowest BCUT2D eigenvalue weighted by Gasteiger charge is -2.16. The number of aryl methyl sites for hydroxylation is 2. The number of allylic oxidation sites excluding steroid dienone is 1. The molecule has 1 N–H and O–H groups in total. The molecule has 0 bridgehead atoms. The van der Waals surface area contributed by atoms with E-state index in [0.717, 1.165) is 22.4 Å². The van der Waals surface area contributed by atoms with Crippen molar-refractivity contribution in [3.63, 3.8) is 0 Å². The van der Waals surface area contributed by atoms with Gasteiger partial charge in [0, 0.05) is 17.5 Å². The van der Waals surface area contributed by atoms with Crippen molar-refractivity contribution in [3.05, 3.63) is 83.0 Å². The molecule has 0 saturated carbocycles. The molecule has 0 spiro atoms. The summed E-state index contributed by atoms with van der Waals surface area (Å²) in [6, 6.07) is 13.4. The van der Waals surface area contributed by atoms with Crippen LogP contribution in [-0.2, 0) is 16.1 Å². The first kappa shape index (κ1) is 29.9. The molecule has 0 radical (unpaired) electrons. The maximum atomic E-state index is 13.0. The molecule has 2 aromatic heterocycles. The van der Waals surface area contributed by atoms with Crippen molar-refractivity contribution in [3.8, 4) is 22.6 Å². The number of ether oxygens (including phenoxy) is 3. The number of nitrogens with one attached hydrogen (secondary N) is 1. The summed E-state index contributed by atoms with van der Waals surface area (Å²) in [6.45, 7) is 10.3. The number of thioether (sulfide) groups is 1. The summed E-state index contributed by atoms with van der Waals surface area (Å²) in [7, 11) is 2.90. The van der Waals surface area contributed by atoms with Gasteiger partial charge < -0.3 is 19.5 Å². The minimum absolute atomic E-state index is 0.0535. The standard InChI is InChI=1S/C30H32N4O5S2/c1-7-12-34-27(20(4)39-23-14-18(2)13-19(3)15-23)32-33-30(34)41-17-25(35)31-28-26(29(36)38-6)24(16-40-28)21-8-10-22(37-5)11-9-21/h7-11,13-16,20H,1,12,17H2,2-6H3,(H,31,35). The topological polar surface area (TPSA) is 105 Å². The molecule has 0 aliphatic rings. The zero-order chi connectivity index (χ0) is 29.5. The minimum atomic E-state index is -0.534. The number of aromatic nitrogens is 3. The van der Waals surface area contributed by atoms with Crippen LogP contribution in [0.1, 0.15) is 40.3 Å². The van der Waals surface area contributed by atoms with Crippen molar-refractivity contribution in [2.24, 2.45) is 0 Å². The SMILES string of the molecule is C=CCn1c(SCC(=O)Nc2scc(-c3ccc(OC)cc3)c2C(=O)OC)nnc1C(C)Oc1cc(C)cc(C)c1. The third-order valence-electron chi connectivity index (χ3n) is 6.10. The molecule has 0 fully saturated rings. The van der Waals surface area contributed by atoms with Crippen molar-refractivity contribution in [2.75, 3.05) is 25.3 Å². The van der Waals surface area contributed by atoms with Gasteiger partial charge in [-0.15, -0.1) is 28.1 Å². The number of rotatable bonds is 12. The molecule has 4 aromatic rings. The van der Waals surface area contributed by atoms with Crippen molar-refractivity contribution < 1.29 is 23.8 Å². The number of anilines is 1. The molecule has 0 aliphatic heterocycles. The van der Waals surface area contributed by atoms with Crippen LogP contribution in [0.25, 0.3) is 11.1 Å². The fourth-order valence-corrected chi connectivity index (χ4v) is 6.02. The zero-order valence-corrected chi connectivity index (χ0v) is 25.2. The first-order valence-electron chi connectivity index (χ1n) is 12.8. The molecule has 1 unspecified atom stereocenters. The Kier molecular flexibility index (Phi) is 9.85. The van der Waals surface area contributed by atoms with E-state index in [0.29, 0.717) is 39.4 Å². The lowest BCUT2D eigenvalue weighted by Crippen LogP contribution is -2.17. The van der Waals surface area contributed by atoms with Gasteiger partial charge in [-0.25, -0.2) is 4.79 Å². The van der Waals surface area contributed by atoms with E-state index < -0.39 is 5.97 Å². The van der Waals surface area contributed by atoms with Crippen LogP contribution in [0.3, 0.4) is 0 Å². The number of methoxy groups -OCH3 is 2. The number of benzene rings is 2. The van der Waals surface area contributed by atoms with Crippen LogP contribution in [0.4, 0.5) is 5.00 Å². The Labute approximate surface area is 247 Å². The summed E-state index contributed by atoms with van der Waals surface area (Å²) < 4.78 is 18.3. The average Bonchev–Trinajstić information content (AvgIpc) is 3.55. The van der Waals surface area contributed by atoms with E-state index in [1.54, 1.807) is 13.2 Å². The van der Waals surface area contributed by atoms with Crippen LogP contribution in [-0.4, -0.2) is 46.6 Å². The second-order valence-corrected chi connectivity index (χ2v) is 11.1. The molecule has 41 heavy (non-hydrogen) atoms. The van der Waals surface area contributed by atoms with Crippen molar-refractivity contribution >= 4 is 40.0 Å². The number of hydrogen-bond acceptors (Lipinski definition) is 9. The summed E-state index contributed by atoms with van der Waals surface area (Å²) in [5.41, 5.74) is 3.99. The molecular formula is C30H32N4O5S2. The van der Waals surface area contributed by atoms with Gasteiger partial charge in [-0.2, -0.15) is 0 Å². The molecule has 4 rings (SSSR count). The lowest BCUT2D eigenvalue weighted by atomic mass is 10.0. The number of carbonyl (C=O) groups is 2. The summed E-state index contributed by atoms with van der Waals surface area (Å²) >= 11 is 2.50. The maximum Gasteiger partial charge on any atom is 0.341 e. The van der Waals surface area contributed by atoms with E-state index in [1.807, 2.05) is 67.1 Å². The van der Waals surface area contributed by atoms with Gasteiger partial charge in [0.05, 0.1) is 20.0 Å². The number of thiophene rings is 1. The van der Waals surface area contributed by atoms with E-state index in [4.69, 9.17) is 14.2 Å². The summed E-state index contributed by atoms with van der Waals surface area (Å²) in [4.78, 5) is 25.7. The van der Waals surface area contributed by atoms with Crippen molar-refractivity contribution in [1.29, 1.82) is 0 Å². The van der Waals surface area contributed by atoms with Gasteiger partial charge in [-0.1, -0.05) is 36.0 Å². The molecule has 0 aliphatic carbocycles. The minimum Gasteiger partial charge on any atom is -0.497 e. The van der Waals surface area contributed by atoms with E-state index in [9.17, 15) is 9.59 Å². The van der Waals surface area contributed by atoms with Crippen LogP contribution in [0.5, 0.6) is 11.5 Å². The van der Waals surface area contributed by atoms with Gasteiger partial charge in [-0.3, -0.25) is 9.36 Å². The highest BCUT2D eigenvalue weighted by Gasteiger charge is 2.24. The zero-order valence-electron chi connectivity index (χ0n) is 23.6. The number of hydrogen-bond donors (Lipinski definition) is 1. The predicted octanol–water partition coefficient (Wildman–Crippen LogP) is 6.48. The first-order valence-corrected chi connectivity index (χ1v) is 14.7. The summed E-state index contributed by atoms with van der Waals surface area (Å²) in [5.74, 6) is 1.31. The van der Waals surface area contributed by atoms with Gasteiger partial charge in [-0.05, 0) is 61.7 Å². The second kappa shape index (κ2) is 13.5. The summed E-state index contributed by atoms with van der Waals surface area (Å²) in [5, 5.41) is 14.3. The highest BCUT2D eigenvalue weighted by Crippen LogP contribution is 2.37. The smallest absolute Gasteiger partial charge is 0.341 e. The Morgan fingerprint density at radius 3 is 2.44 bits per heavy atom.